The largest absolute Gasteiger partial charge is 0.354 e. The minimum atomic E-state index is -3.30. The van der Waals surface area contributed by atoms with Gasteiger partial charge in [-0.1, -0.05) is 6.92 Å². The Balaban J connectivity index is 2.37. The molecule has 1 aliphatic rings. The number of piperidine rings is 1. The van der Waals surface area contributed by atoms with Gasteiger partial charge in [0.2, 0.25) is 5.91 Å². The molecule has 0 unspecified atom stereocenters. The van der Waals surface area contributed by atoms with Gasteiger partial charge in [0.25, 0.3) is 0 Å². The fourth-order valence-corrected chi connectivity index (χ4v) is 2.81. The van der Waals surface area contributed by atoms with E-state index >= 15 is 0 Å². The normalized spacial score (nSPS) is 25.1. The summed E-state index contributed by atoms with van der Waals surface area (Å²) in [6, 6.07) is 0.254. The first kappa shape index (κ1) is 15.4. The Morgan fingerprint density at radius 1 is 1.44 bits per heavy atom. The third-order valence-electron chi connectivity index (χ3n) is 3.50. The molecule has 0 aromatic rings. The lowest BCUT2D eigenvalue weighted by Gasteiger charge is -2.30. The molecule has 0 radical (unpaired) electrons. The van der Waals surface area contributed by atoms with Crippen LogP contribution in [0.4, 0.5) is 0 Å². The summed E-state index contributed by atoms with van der Waals surface area (Å²) >= 11 is 0. The second kappa shape index (κ2) is 6.52. The number of amides is 1. The van der Waals surface area contributed by atoms with Crippen LogP contribution in [-0.4, -0.2) is 44.5 Å². The highest BCUT2D eigenvalue weighted by Crippen LogP contribution is 2.14. The minimum absolute atomic E-state index is 0.254. The van der Waals surface area contributed by atoms with E-state index in [4.69, 9.17) is 0 Å². The van der Waals surface area contributed by atoms with Crippen molar-refractivity contribution in [2.24, 2.45) is 5.92 Å². The average Bonchev–Trinajstić information content (AvgIpc) is 2.27. The fourth-order valence-electron chi connectivity index (χ4n) is 2.01. The molecule has 0 spiro atoms. The minimum Gasteiger partial charge on any atom is -0.354 e. The molecule has 1 saturated heterocycles. The highest BCUT2D eigenvalue weighted by atomic mass is 32.2. The summed E-state index contributed by atoms with van der Waals surface area (Å²) in [7, 11) is -3.30. The lowest BCUT2D eigenvalue weighted by molar-refractivity contribution is -0.118. The summed E-state index contributed by atoms with van der Waals surface area (Å²) in [6.07, 6.45) is 2.31. The molecule has 1 heterocycles. The average molecular weight is 276 g/mol. The monoisotopic (exact) mass is 276 g/mol. The predicted molar refractivity (Wildman–Crippen MR) is 72.1 cm³/mol. The molecular formula is C12H24N2O3S. The molecule has 2 atom stereocenters. The number of carbonyl (C=O) groups excluding carboxylic acids is 1. The zero-order valence-corrected chi connectivity index (χ0v) is 12.2. The van der Waals surface area contributed by atoms with Crippen molar-refractivity contribution in [1.29, 1.82) is 0 Å². The third kappa shape index (κ3) is 4.57. The Hall–Kier alpha value is -0.620. The first-order chi connectivity index (χ1) is 8.33. The van der Waals surface area contributed by atoms with E-state index in [9.17, 15) is 13.2 Å². The van der Waals surface area contributed by atoms with Crippen molar-refractivity contribution in [3.63, 3.8) is 0 Å². The van der Waals surface area contributed by atoms with E-state index in [1.807, 2.05) is 0 Å². The Kier molecular flexibility index (Phi) is 5.59. The van der Waals surface area contributed by atoms with Gasteiger partial charge in [0.15, 0.2) is 9.84 Å². The lowest BCUT2D eigenvalue weighted by Crippen LogP contribution is -2.48. The Morgan fingerprint density at radius 3 is 2.67 bits per heavy atom. The van der Waals surface area contributed by atoms with Gasteiger partial charge in [-0.3, -0.25) is 4.79 Å². The summed E-state index contributed by atoms with van der Waals surface area (Å²) in [5.41, 5.74) is 0. The van der Waals surface area contributed by atoms with Gasteiger partial charge in [0.05, 0.1) is 5.25 Å². The van der Waals surface area contributed by atoms with Gasteiger partial charge in [0.1, 0.15) is 5.75 Å². The van der Waals surface area contributed by atoms with Crippen LogP contribution in [0.3, 0.4) is 0 Å². The summed E-state index contributed by atoms with van der Waals surface area (Å²) < 4.78 is 23.2. The number of hydrogen-bond donors (Lipinski definition) is 2. The standard InChI is InChI=1S/C12H24N2O3S/c1-9(2)18(16,17)8-12(15)14-7-11-10(3)5-4-6-13-11/h9-11,13H,4-8H2,1-3H3,(H,14,15)/t10-,11-/m0/s1. The van der Waals surface area contributed by atoms with Crippen molar-refractivity contribution in [2.75, 3.05) is 18.8 Å². The molecule has 0 aromatic heterocycles. The second-order valence-electron chi connectivity index (χ2n) is 5.34. The van der Waals surface area contributed by atoms with Crippen molar-refractivity contribution in [3.05, 3.63) is 0 Å². The molecule has 1 aliphatic heterocycles. The van der Waals surface area contributed by atoms with Crippen molar-refractivity contribution in [1.82, 2.24) is 10.6 Å². The number of rotatable bonds is 5. The molecule has 1 amide bonds. The van der Waals surface area contributed by atoms with Crippen molar-refractivity contribution >= 4 is 15.7 Å². The summed E-state index contributed by atoms with van der Waals surface area (Å²) in [6.45, 7) is 6.80. The van der Waals surface area contributed by atoms with E-state index in [1.54, 1.807) is 13.8 Å². The maximum absolute atomic E-state index is 11.6. The number of carbonyl (C=O) groups is 1. The molecule has 18 heavy (non-hydrogen) atoms. The highest BCUT2D eigenvalue weighted by Gasteiger charge is 2.23. The molecule has 1 rings (SSSR count). The molecule has 0 aromatic carbocycles. The van der Waals surface area contributed by atoms with E-state index < -0.39 is 26.7 Å². The van der Waals surface area contributed by atoms with Crippen LogP contribution in [0.1, 0.15) is 33.6 Å². The van der Waals surface area contributed by atoms with Gasteiger partial charge < -0.3 is 10.6 Å². The van der Waals surface area contributed by atoms with Gasteiger partial charge >= 0.3 is 0 Å². The summed E-state index contributed by atoms with van der Waals surface area (Å²) in [4.78, 5) is 11.6. The van der Waals surface area contributed by atoms with E-state index in [2.05, 4.69) is 17.6 Å². The number of nitrogens with one attached hydrogen (secondary N) is 2. The van der Waals surface area contributed by atoms with Crippen molar-refractivity contribution in [2.45, 2.75) is 44.9 Å². The second-order valence-corrected chi connectivity index (χ2v) is 7.90. The van der Waals surface area contributed by atoms with E-state index in [1.165, 1.54) is 0 Å². The Morgan fingerprint density at radius 2 is 2.11 bits per heavy atom. The van der Waals surface area contributed by atoms with Crippen LogP contribution in [0.2, 0.25) is 0 Å². The zero-order chi connectivity index (χ0) is 13.8. The zero-order valence-electron chi connectivity index (χ0n) is 11.4. The first-order valence-corrected chi connectivity index (χ1v) is 8.26. The van der Waals surface area contributed by atoms with Gasteiger partial charge in [0, 0.05) is 12.6 Å². The van der Waals surface area contributed by atoms with Crippen LogP contribution in [0, 0.1) is 5.92 Å². The molecule has 5 nitrogen and oxygen atoms in total. The molecule has 0 bridgehead atoms. The topological polar surface area (TPSA) is 75.3 Å². The van der Waals surface area contributed by atoms with Crippen LogP contribution in [0.25, 0.3) is 0 Å². The van der Waals surface area contributed by atoms with Gasteiger partial charge in [-0.2, -0.15) is 0 Å². The van der Waals surface area contributed by atoms with Gasteiger partial charge in [-0.25, -0.2) is 8.42 Å². The molecular weight excluding hydrogens is 252 g/mol. The molecule has 106 valence electrons. The van der Waals surface area contributed by atoms with Crippen molar-refractivity contribution < 1.29 is 13.2 Å². The summed E-state index contributed by atoms with van der Waals surface area (Å²) in [5, 5.41) is 5.55. The van der Waals surface area contributed by atoms with Gasteiger partial charge in [-0.15, -0.1) is 0 Å². The molecule has 0 aliphatic carbocycles. The van der Waals surface area contributed by atoms with E-state index in [-0.39, 0.29) is 6.04 Å². The summed E-state index contributed by atoms with van der Waals surface area (Å²) in [5.74, 6) is -0.296. The van der Waals surface area contributed by atoms with E-state index in [0.717, 1.165) is 19.4 Å². The lowest BCUT2D eigenvalue weighted by atomic mass is 9.93. The maximum Gasteiger partial charge on any atom is 0.235 e. The molecule has 1 fully saturated rings. The Labute approximate surface area is 110 Å². The smallest absolute Gasteiger partial charge is 0.235 e. The number of sulfone groups is 1. The highest BCUT2D eigenvalue weighted by molar-refractivity contribution is 7.92. The predicted octanol–water partition coefficient (Wildman–Crippen LogP) is 0.314. The van der Waals surface area contributed by atoms with Gasteiger partial charge in [-0.05, 0) is 39.2 Å². The van der Waals surface area contributed by atoms with Crippen molar-refractivity contribution in [3.8, 4) is 0 Å². The SMILES string of the molecule is CC(C)S(=O)(=O)CC(=O)NC[C@@H]1NCCC[C@@H]1C. The fraction of sp³-hybridized carbons (Fsp3) is 0.917. The maximum atomic E-state index is 11.6. The first-order valence-electron chi connectivity index (χ1n) is 6.54. The van der Waals surface area contributed by atoms with Crippen LogP contribution >= 0.6 is 0 Å². The molecule has 0 saturated carbocycles. The van der Waals surface area contributed by atoms with Crippen LogP contribution < -0.4 is 10.6 Å². The van der Waals surface area contributed by atoms with E-state index in [0.29, 0.717) is 12.5 Å². The quantitative estimate of drug-likeness (QED) is 0.758. The van der Waals surface area contributed by atoms with Crippen LogP contribution in [-0.2, 0) is 14.6 Å². The van der Waals surface area contributed by atoms with Crippen LogP contribution in [0.15, 0.2) is 0 Å². The molecule has 6 heteroatoms. The molecule has 2 N–H and O–H groups in total. The van der Waals surface area contributed by atoms with Crippen LogP contribution in [0.5, 0.6) is 0 Å². The third-order valence-corrected chi connectivity index (χ3v) is 5.60. The Bertz CT molecular complexity index is 379. The number of hydrogen-bond acceptors (Lipinski definition) is 4.